The highest BCUT2D eigenvalue weighted by molar-refractivity contribution is 5.88. The van der Waals surface area contributed by atoms with E-state index in [9.17, 15) is 15.2 Å². The summed E-state index contributed by atoms with van der Waals surface area (Å²) in [5.41, 5.74) is 3.51. The van der Waals surface area contributed by atoms with E-state index < -0.39 is 16.4 Å². The third-order valence-corrected chi connectivity index (χ3v) is 4.24. The van der Waals surface area contributed by atoms with Crippen LogP contribution in [0.25, 0.3) is 22.6 Å². The van der Waals surface area contributed by atoms with Gasteiger partial charge in [0.05, 0.1) is 10.6 Å². The van der Waals surface area contributed by atoms with Gasteiger partial charge in [-0.2, -0.15) is 0 Å². The number of hydrogen-bond acceptors (Lipinski definition) is 6. The summed E-state index contributed by atoms with van der Waals surface area (Å²) in [7, 11) is 0. The Morgan fingerprint density at radius 2 is 1.89 bits per heavy atom. The van der Waals surface area contributed by atoms with Crippen molar-refractivity contribution in [3.05, 3.63) is 81.9 Å². The van der Waals surface area contributed by atoms with Gasteiger partial charge in [-0.05, 0) is 48.6 Å². The number of aromatic nitrogens is 1. The molecule has 0 fully saturated rings. The zero-order chi connectivity index (χ0) is 19.7. The molecular formula is C21H14N3O4-. The second kappa shape index (κ2) is 6.96. The first-order chi connectivity index (χ1) is 13.5. The van der Waals surface area contributed by atoms with Crippen molar-refractivity contribution in [3.63, 3.8) is 0 Å². The molecule has 0 saturated carbocycles. The van der Waals surface area contributed by atoms with Gasteiger partial charge in [0.2, 0.25) is 5.89 Å². The standard InChI is InChI=1S/C21H15N3O4/c1-13-5-7-14(8-6-13)21-23-17-11-16(9-10-19(17)28-21)22-12-15-3-2-4-18(20(15)25)24(26)27/h2-12,25H,1H3/p-1. The van der Waals surface area contributed by atoms with Crippen LogP contribution in [-0.2, 0) is 0 Å². The van der Waals surface area contributed by atoms with E-state index in [-0.39, 0.29) is 5.56 Å². The number of nitrogens with zero attached hydrogens (tertiary/aromatic N) is 3. The fraction of sp³-hybridized carbons (Fsp3) is 0.0476. The summed E-state index contributed by atoms with van der Waals surface area (Å²) in [5.74, 6) is -0.155. The van der Waals surface area contributed by atoms with E-state index in [1.54, 1.807) is 18.2 Å². The summed E-state index contributed by atoms with van der Waals surface area (Å²) in [6.45, 7) is 2.01. The maximum Gasteiger partial charge on any atom is 0.262 e. The first-order valence-electron chi connectivity index (χ1n) is 8.47. The van der Waals surface area contributed by atoms with Gasteiger partial charge in [-0.1, -0.05) is 29.8 Å². The molecule has 4 rings (SSSR count). The molecule has 0 spiro atoms. The number of fused-ring (bicyclic) bond motifs is 1. The van der Waals surface area contributed by atoms with Crippen molar-refractivity contribution in [1.82, 2.24) is 4.98 Å². The van der Waals surface area contributed by atoms with Gasteiger partial charge in [-0.3, -0.25) is 15.1 Å². The lowest BCUT2D eigenvalue weighted by Gasteiger charge is -2.09. The van der Waals surface area contributed by atoms with Crippen molar-refractivity contribution >= 4 is 28.7 Å². The van der Waals surface area contributed by atoms with Gasteiger partial charge in [0.15, 0.2) is 5.58 Å². The minimum atomic E-state index is -0.701. The summed E-state index contributed by atoms with van der Waals surface area (Å²) in [6, 6.07) is 17.2. The molecule has 7 nitrogen and oxygen atoms in total. The topological polar surface area (TPSA) is 105 Å². The van der Waals surface area contributed by atoms with Crippen LogP contribution in [0.15, 0.2) is 70.1 Å². The highest BCUT2D eigenvalue weighted by Gasteiger charge is 2.10. The predicted octanol–water partition coefficient (Wildman–Crippen LogP) is 4.54. The first-order valence-corrected chi connectivity index (χ1v) is 8.47. The lowest BCUT2D eigenvalue weighted by atomic mass is 10.1. The number of rotatable bonds is 4. The summed E-state index contributed by atoms with van der Waals surface area (Å²) < 4.78 is 5.78. The number of oxazole rings is 1. The van der Waals surface area contributed by atoms with Crippen LogP contribution >= 0.6 is 0 Å². The predicted molar refractivity (Wildman–Crippen MR) is 104 cm³/mol. The SMILES string of the molecule is Cc1ccc(-c2nc3cc(N=Cc4cccc([N+](=O)[O-])c4[O-])ccc3o2)cc1. The van der Waals surface area contributed by atoms with E-state index in [1.165, 1.54) is 24.4 Å². The average molecular weight is 372 g/mol. The quantitative estimate of drug-likeness (QED) is 0.297. The molecule has 0 saturated heterocycles. The Labute approximate surface area is 159 Å². The number of nitro groups is 1. The number of para-hydroxylation sites is 1. The largest absolute Gasteiger partial charge is 0.867 e. The number of aryl methyl sites for hydroxylation is 1. The third kappa shape index (κ3) is 3.33. The van der Waals surface area contributed by atoms with Crippen LogP contribution in [-0.4, -0.2) is 16.1 Å². The van der Waals surface area contributed by atoms with Crippen molar-refractivity contribution in [2.45, 2.75) is 6.92 Å². The lowest BCUT2D eigenvalue weighted by Crippen LogP contribution is -2.01. The van der Waals surface area contributed by atoms with Crippen LogP contribution in [0, 0.1) is 17.0 Å². The highest BCUT2D eigenvalue weighted by Crippen LogP contribution is 2.28. The van der Waals surface area contributed by atoms with Gasteiger partial charge in [-0.25, -0.2) is 4.98 Å². The van der Waals surface area contributed by atoms with Crippen molar-refractivity contribution in [2.24, 2.45) is 4.99 Å². The molecular weight excluding hydrogens is 358 g/mol. The molecule has 4 aromatic rings. The molecule has 0 N–H and O–H groups in total. The van der Waals surface area contributed by atoms with Crippen molar-refractivity contribution < 1.29 is 14.4 Å². The number of aliphatic imine (C=N–C) groups is 1. The Morgan fingerprint density at radius 3 is 2.64 bits per heavy atom. The normalized spacial score (nSPS) is 11.3. The summed E-state index contributed by atoms with van der Waals surface area (Å²) in [4.78, 5) is 18.9. The monoisotopic (exact) mass is 372 g/mol. The molecule has 1 aromatic heterocycles. The smallest absolute Gasteiger partial charge is 0.262 e. The molecule has 1 heterocycles. The first kappa shape index (κ1) is 17.4. The molecule has 0 radical (unpaired) electrons. The van der Waals surface area contributed by atoms with E-state index in [4.69, 9.17) is 4.42 Å². The maximum atomic E-state index is 12.1. The molecule has 138 valence electrons. The van der Waals surface area contributed by atoms with E-state index in [2.05, 4.69) is 9.98 Å². The van der Waals surface area contributed by atoms with Gasteiger partial charge in [0.25, 0.3) is 5.69 Å². The Balaban J connectivity index is 1.65. The Hall–Kier alpha value is -4.00. The van der Waals surface area contributed by atoms with Crippen molar-refractivity contribution in [3.8, 4) is 17.2 Å². The summed E-state index contributed by atoms with van der Waals surface area (Å²) in [5, 5.41) is 22.9. The van der Waals surface area contributed by atoms with Crippen LogP contribution in [0.2, 0.25) is 0 Å². The Morgan fingerprint density at radius 1 is 1.11 bits per heavy atom. The second-order valence-electron chi connectivity index (χ2n) is 6.25. The molecule has 0 aliphatic rings. The van der Waals surface area contributed by atoms with Gasteiger partial charge >= 0.3 is 0 Å². The van der Waals surface area contributed by atoms with Crippen molar-refractivity contribution in [1.29, 1.82) is 0 Å². The van der Waals surface area contributed by atoms with Crippen molar-refractivity contribution in [2.75, 3.05) is 0 Å². The minimum absolute atomic E-state index is 0.148. The molecule has 0 atom stereocenters. The minimum Gasteiger partial charge on any atom is -0.867 e. The van der Waals surface area contributed by atoms with Crippen LogP contribution in [0.4, 0.5) is 11.4 Å². The molecule has 0 unspecified atom stereocenters. The van der Waals surface area contributed by atoms with E-state index >= 15 is 0 Å². The van der Waals surface area contributed by atoms with Gasteiger partial charge in [0, 0.05) is 17.8 Å². The molecule has 0 aliphatic carbocycles. The van der Waals surface area contributed by atoms with Gasteiger partial charge < -0.3 is 9.52 Å². The molecule has 7 heteroatoms. The Kier molecular flexibility index (Phi) is 4.33. The highest BCUT2D eigenvalue weighted by atomic mass is 16.6. The fourth-order valence-electron chi connectivity index (χ4n) is 2.75. The molecule has 28 heavy (non-hydrogen) atoms. The summed E-state index contributed by atoms with van der Waals surface area (Å²) >= 11 is 0. The average Bonchev–Trinajstić information content (AvgIpc) is 3.11. The zero-order valence-electron chi connectivity index (χ0n) is 14.8. The number of benzene rings is 3. The summed E-state index contributed by atoms with van der Waals surface area (Å²) in [6.07, 6.45) is 1.32. The number of hydrogen-bond donors (Lipinski definition) is 0. The second-order valence-corrected chi connectivity index (χ2v) is 6.25. The Bertz CT molecular complexity index is 1210. The van der Waals surface area contributed by atoms with E-state index in [1.807, 2.05) is 31.2 Å². The van der Waals surface area contributed by atoms with Gasteiger partial charge in [-0.15, -0.1) is 0 Å². The molecule has 0 aliphatic heterocycles. The van der Waals surface area contributed by atoms with Crippen LogP contribution in [0.5, 0.6) is 5.75 Å². The van der Waals surface area contributed by atoms with Crippen LogP contribution in [0.3, 0.4) is 0 Å². The van der Waals surface area contributed by atoms with Gasteiger partial charge in [0.1, 0.15) is 5.52 Å². The lowest BCUT2D eigenvalue weighted by molar-refractivity contribution is -0.398. The zero-order valence-corrected chi connectivity index (χ0v) is 14.8. The van der Waals surface area contributed by atoms with E-state index in [0.717, 1.165) is 11.1 Å². The molecule has 0 bridgehead atoms. The third-order valence-electron chi connectivity index (χ3n) is 4.24. The van der Waals surface area contributed by atoms with E-state index in [0.29, 0.717) is 22.7 Å². The number of nitro benzene ring substituents is 1. The maximum absolute atomic E-state index is 12.1. The fourth-order valence-corrected chi connectivity index (χ4v) is 2.75. The molecule has 0 amide bonds. The van der Waals surface area contributed by atoms with Crippen LogP contribution < -0.4 is 5.11 Å². The molecule has 3 aromatic carbocycles. The van der Waals surface area contributed by atoms with Crippen LogP contribution in [0.1, 0.15) is 11.1 Å².